The molecule has 2 aliphatic rings. The van der Waals surface area contributed by atoms with E-state index in [2.05, 4.69) is 19.4 Å². The van der Waals surface area contributed by atoms with Crippen molar-refractivity contribution >= 4 is 20.7 Å². The SMILES string of the molecule is CCS(=O)(=O)c1cc(-c2cc(C3CC3)ccn2)cnc1-c1cc2cc3c(cc2n1C)OC(F)(F)O3. The van der Waals surface area contributed by atoms with E-state index in [0.717, 1.165) is 12.8 Å². The number of pyridine rings is 2. The van der Waals surface area contributed by atoms with E-state index in [9.17, 15) is 17.2 Å². The van der Waals surface area contributed by atoms with Crippen molar-refractivity contribution in [3.8, 4) is 34.1 Å². The standard InChI is InChI=1S/C25H21F2N3O4S/c1-3-35(31,32)23-11-17(18-8-15(6-7-28-18)14-4-5-14)13-29-24(23)20-9-16-10-21-22(12-19(16)30(20)2)34-25(26,27)33-21/h6-14H,3-5H2,1-2H3. The Morgan fingerprint density at radius 3 is 2.54 bits per heavy atom. The number of alkyl halides is 2. The van der Waals surface area contributed by atoms with Crippen molar-refractivity contribution in [1.29, 1.82) is 0 Å². The molecule has 4 heterocycles. The number of rotatable bonds is 5. The molecule has 1 saturated carbocycles. The number of nitrogens with zero attached hydrogens (tertiary/aromatic N) is 3. The molecule has 4 aromatic rings. The van der Waals surface area contributed by atoms with Crippen molar-refractivity contribution in [1.82, 2.24) is 14.5 Å². The van der Waals surface area contributed by atoms with Gasteiger partial charge in [0, 0.05) is 36.5 Å². The number of fused-ring (bicyclic) bond motifs is 2. The number of halogens is 2. The van der Waals surface area contributed by atoms with Gasteiger partial charge < -0.3 is 14.0 Å². The maximum atomic E-state index is 13.5. The van der Waals surface area contributed by atoms with Gasteiger partial charge in [-0.25, -0.2) is 8.42 Å². The predicted octanol–water partition coefficient (Wildman–Crippen LogP) is 5.29. The molecule has 0 atom stereocenters. The number of ether oxygens (including phenoxy) is 2. The fourth-order valence-electron chi connectivity index (χ4n) is 4.45. The van der Waals surface area contributed by atoms with Crippen LogP contribution in [0.3, 0.4) is 0 Å². The van der Waals surface area contributed by atoms with Crippen LogP contribution in [-0.4, -0.2) is 35.0 Å². The Labute approximate surface area is 200 Å². The predicted molar refractivity (Wildman–Crippen MR) is 125 cm³/mol. The highest BCUT2D eigenvalue weighted by Gasteiger charge is 2.43. The molecule has 6 rings (SSSR count). The lowest BCUT2D eigenvalue weighted by Crippen LogP contribution is -2.25. The zero-order valence-electron chi connectivity index (χ0n) is 19.0. The van der Waals surface area contributed by atoms with Crippen molar-refractivity contribution in [2.24, 2.45) is 7.05 Å². The van der Waals surface area contributed by atoms with Crippen LogP contribution in [0.25, 0.3) is 33.5 Å². The Morgan fingerprint density at radius 1 is 1.09 bits per heavy atom. The summed E-state index contributed by atoms with van der Waals surface area (Å²) in [4.78, 5) is 9.10. The molecular weight excluding hydrogens is 476 g/mol. The van der Waals surface area contributed by atoms with Gasteiger partial charge in [-0.3, -0.25) is 9.97 Å². The Morgan fingerprint density at radius 2 is 1.83 bits per heavy atom. The normalized spacial score (nSPS) is 16.7. The molecular formula is C25H21F2N3O4S. The summed E-state index contributed by atoms with van der Waals surface area (Å²) >= 11 is 0. The molecule has 180 valence electrons. The minimum Gasteiger partial charge on any atom is -0.395 e. The van der Waals surface area contributed by atoms with E-state index in [1.54, 1.807) is 43.1 Å². The summed E-state index contributed by atoms with van der Waals surface area (Å²) in [5, 5.41) is 0.590. The van der Waals surface area contributed by atoms with Gasteiger partial charge in [0.05, 0.1) is 27.6 Å². The topological polar surface area (TPSA) is 83.3 Å². The van der Waals surface area contributed by atoms with Gasteiger partial charge in [-0.1, -0.05) is 6.92 Å². The highest BCUT2D eigenvalue weighted by Crippen LogP contribution is 2.45. The van der Waals surface area contributed by atoms with Gasteiger partial charge in [0.25, 0.3) is 0 Å². The summed E-state index contributed by atoms with van der Waals surface area (Å²) in [6.07, 6.45) is 1.94. The average molecular weight is 498 g/mol. The van der Waals surface area contributed by atoms with Crippen LogP contribution in [-0.2, 0) is 16.9 Å². The van der Waals surface area contributed by atoms with E-state index in [1.165, 1.54) is 17.7 Å². The van der Waals surface area contributed by atoms with Crippen LogP contribution in [0.1, 0.15) is 31.2 Å². The van der Waals surface area contributed by atoms with Crippen molar-refractivity contribution in [2.75, 3.05) is 5.75 Å². The maximum absolute atomic E-state index is 13.5. The smallest absolute Gasteiger partial charge is 0.395 e. The third-order valence-electron chi connectivity index (χ3n) is 6.50. The Hall–Kier alpha value is -3.53. The third-order valence-corrected chi connectivity index (χ3v) is 8.25. The lowest BCUT2D eigenvalue weighted by atomic mass is 10.1. The van der Waals surface area contributed by atoms with Crippen LogP contribution >= 0.6 is 0 Å². The van der Waals surface area contributed by atoms with Crippen molar-refractivity contribution in [2.45, 2.75) is 36.9 Å². The molecule has 1 fully saturated rings. The first-order valence-corrected chi connectivity index (χ1v) is 12.9. The molecule has 0 bridgehead atoms. The fourth-order valence-corrected chi connectivity index (χ4v) is 5.52. The first kappa shape index (κ1) is 22.0. The summed E-state index contributed by atoms with van der Waals surface area (Å²) in [6, 6.07) is 10.2. The monoisotopic (exact) mass is 497 g/mol. The van der Waals surface area contributed by atoms with Gasteiger partial charge >= 0.3 is 6.29 Å². The van der Waals surface area contributed by atoms with E-state index in [4.69, 9.17) is 0 Å². The molecule has 3 aromatic heterocycles. The zero-order chi connectivity index (χ0) is 24.5. The molecule has 0 saturated heterocycles. The number of aromatic nitrogens is 3. The molecule has 0 unspecified atom stereocenters. The second-order valence-corrected chi connectivity index (χ2v) is 11.1. The van der Waals surface area contributed by atoms with Crippen LogP contribution in [0.15, 0.2) is 53.7 Å². The quantitative estimate of drug-likeness (QED) is 0.372. The molecule has 10 heteroatoms. The van der Waals surface area contributed by atoms with Gasteiger partial charge in [-0.2, -0.15) is 0 Å². The Bertz CT molecular complexity index is 1610. The van der Waals surface area contributed by atoms with Crippen LogP contribution in [0.5, 0.6) is 11.5 Å². The summed E-state index contributed by atoms with van der Waals surface area (Å²) in [5.41, 5.74) is 3.85. The largest absolute Gasteiger partial charge is 0.586 e. The second kappa shape index (κ2) is 7.48. The van der Waals surface area contributed by atoms with E-state index in [1.807, 2.05) is 12.1 Å². The van der Waals surface area contributed by atoms with E-state index in [-0.39, 0.29) is 27.8 Å². The minimum atomic E-state index is -3.72. The number of benzene rings is 1. The van der Waals surface area contributed by atoms with Crippen LogP contribution < -0.4 is 9.47 Å². The lowest BCUT2D eigenvalue weighted by Gasteiger charge is -2.12. The Balaban J connectivity index is 1.50. The summed E-state index contributed by atoms with van der Waals surface area (Å²) in [5.74, 6) is 0.274. The minimum absolute atomic E-state index is 0.0778. The second-order valence-electron chi connectivity index (χ2n) is 8.84. The van der Waals surface area contributed by atoms with Crippen LogP contribution in [0.2, 0.25) is 0 Å². The number of hydrogen-bond donors (Lipinski definition) is 0. The molecule has 0 spiro atoms. The number of hydrogen-bond acceptors (Lipinski definition) is 6. The molecule has 1 aliphatic carbocycles. The summed E-state index contributed by atoms with van der Waals surface area (Å²) < 4.78 is 64.1. The van der Waals surface area contributed by atoms with Crippen molar-refractivity contribution in [3.63, 3.8) is 0 Å². The molecule has 1 aliphatic heterocycles. The van der Waals surface area contributed by atoms with Crippen molar-refractivity contribution in [3.05, 3.63) is 54.4 Å². The molecule has 7 nitrogen and oxygen atoms in total. The molecule has 0 amide bonds. The first-order chi connectivity index (χ1) is 16.6. The van der Waals surface area contributed by atoms with Gasteiger partial charge in [0.1, 0.15) is 5.69 Å². The van der Waals surface area contributed by atoms with Crippen molar-refractivity contribution < 1.29 is 26.7 Å². The highest BCUT2D eigenvalue weighted by atomic mass is 32.2. The Kier molecular flexibility index (Phi) is 4.70. The number of sulfone groups is 1. The van der Waals surface area contributed by atoms with E-state index < -0.39 is 16.1 Å². The highest BCUT2D eigenvalue weighted by molar-refractivity contribution is 7.91. The van der Waals surface area contributed by atoms with Gasteiger partial charge in [-0.05, 0) is 54.7 Å². The first-order valence-electron chi connectivity index (χ1n) is 11.2. The zero-order valence-corrected chi connectivity index (χ0v) is 19.8. The summed E-state index contributed by atoms with van der Waals surface area (Å²) in [7, 11) is -1.93. The fraction of sp³-hybridized carbons (Fsp3) is 0.280. The van der Waals surface area contributed by atoms with Crippen LogP contribution in [0.4, 0.5) is 8.78 Å². The lowest BCUT2D eigenvalue weighted by molar-refractivity contribution is -0.286. The van der Waals surface area contributed by atoms with Crippen LogP contribution in [0, 0.1) is 0 Å². The molecule has 0 radical (unpaired) electrons. The average Bonchev–Trinajstić information content (AvgIpc) is 3.58. The molecule has 1 aromatic carbocycles. The van der Waals surface area contributed by atoms with Gasteiger partial charge in [-0.15, -0.1) is 8.78 Å². The van der Waals surface area contributed by atoms with Gasteiger partial charge in [0.15, 0.2) is 21.3 Å². The van der Waals surface area contributed by atoms with Gasteiger partial charge in [0.2, 0.25) is 0 Å². The summed E-state index contributed by atoms with van der Waals surface area (Å²) in [6.45, 7) is 1.58. The van der Waals surface area contributed by atoms with E-state index in [0.29, 0.717) is 33.8 Å². The van der Waals surface area contributed by atoms with E-state index >= 15 is 0 Å². The number of aryl methyl sites for hydroxylation is 1. The molecule has 0 N–H and O–H groups in total. The molecule has 35 heavy (non-hydrogen) atoms. The third kappa shape index (κ3) is 3.72. The maximum Gasteiger partial charge on any atom is 0.586 e.